The molecule has 0 aliphatic heterocycles. The maximum atomic E-state index is 5.11. The third kappa shape index (κ3) is 4.52. The summed E-state index contributed by atoms with van der Waals surface area (Å²) in [6, 6.07) is 1.32. The summed E-state index contributed by atoms with van der Waals surface area (Å²) in [4.78, 5) is 0. The van der Waals surface area contributed by atoms with Crippen molar-refractivity contribution in [3.05, 3.63) is 0 Å². The Balaban J connectivity index is 2.25. The molecule has 0 aromatic carbocycles. The SMILES string of the molecule is COCCC(C)NC1CCC(C)CC1C. The van der Waals surface area contributed by atoms with Gasteiger partial charge in [0.2, 0.25) is 0 Å². The van der Waals surface area contributed by atoms with Crippen LogP contribution >= 0.6 is 0 Å². The van der Waals surface area contributed by atoms with Crippen LogP contribution in [0.5, 0.6) is 0 Å². The minimum Gasteiger partial charge on any atom is -0.385 e. The maximum absolute atomic E-state index is 5.11. The highest BCUT2D eigenvalue weighted by Gasteiger charge is 2.25. The molecule has 4 unspecified atom stereocenters. The van der Waals surface area contributed by atoms with Gasteiger partial charge in [-0.3, -0.25) is 0 Å². The molecule has 1 aliphatic rings. The van der Waals surface area contributed by atoms with Crippen molar-refractivity contribution in [3.8, 4) is 0 Å². The van der Waals surface area contributed by atoms with Crippen LogP contribution < -0.4 is 5.32 Å². The summed E-state index contributed by atoms with van der Waals surface area (Å²) in [7, 11) is 1.78. The highest BCUT2D eigenvalue weighted by Crippen LogP contribution is 2.28. The minimum atomic E-state index is 0.589. The molecule has 0 saturated heterocycles. The van der Waals surface area contributed by atoms with Gasteiger partial charge < -0.3 is 10.1 Å². The van der Waals surface area contributed by atoms with E-state index in [2.05, 4.69) is 26.1 Å². The highest BCUT2D eigenvalue weighted by molar-refractivity contribution is 4.82. The number of nitrogens with one attached hydrogen (secondary N) is 1. The first kappa shape index (κ1) is 13.0. The fraction of sp³-hybridized carbons (Fsp3) is 1.00. The second-order valence-corrected chi connectivity index (χ2v) is 5.35. The lowest BCUT2D eigenvalue weighted by atomic mass is 9.79. The molecule has 1 fully saturated rings. The van der Waals surface area contributed by atoms with Crippen LogP contribution in [0.2, 0.25) is 0 Å². The van der Waals surface area contributed by atoms with Crippen LogP contribution in [-0.4, -0.2) is 25.8 Å². The van der Waals surface area contributed by atoms with Gasteiger partial charge >= 0.3 is 0 Å². The van der Waals surface area contributed by atoms with Gasteiger partial charge in [0.05, 0.1) is 0 Å². The summed E-state index contributed by atoms with van der Waals surface area (Å²) in [6.45, 7) is 7.90. The van der Waals surface area contributed by atoms with E-state index in [9.17, 15) is 0 Å². The van der Waals surface area contributed by atoms with Crippen LogP contribution in [0.4, 0.5) is 0 Å². The first-order valence-corrected chi connectivity index (χ1v) is 6.38. The molecular formula is C13H27NO. The molecular weight excluding hydrogens is 186 g/mol. The molecule has 1 rings (SSSR count). The Labute approximate surface area is 94.8 Å². The summed E-state index contributed by atoms with van der Waals surface area (Å²) < 4.78 is 5.11. The fourth-order valence-electron chi connectivity index (χ4n) is 2.66. The van der Waals surface area contributed by atoms with Gasteiger partial charge in [-0.25, -0.2) is 0 Å². The molecule has 0 heterocycles. The lowest BCUT2D eigenvalue weighted by Gasteiger charge is -2.35. The molecule has 0 spiro atoms. The number of hydrogen-bond donors (Lipinski definition) is 1. The summed E-state index contributed by atoms with van der Waals surface area (Å²) >= 11 is 0. The van der Waals surface area contributed by atoms with Crippen molar-refractivity contribution >= 4 is 0 Å². The molecule has 2 nitrogen and oxygen atoms in total. The first-order valence-electron chi connectivity index (χ1n) is 6.38. The third-order valence-electron chi connectivity index (χ3n) is 3.69. The number of methoxy groups -OCH3 is 1. The van der Waals surface area contributed by atoms with Crippen LogP contribution in [0.25, 0.3) is 0 Å². The standard InChI is InChI=1S/C13H27NO/c1-10-5-6-13(11(2)9-10)14-12(3)7-8-15-4/h10-14H,5-9H2,1-4H3. The van der Waals surface area contributed by atoms with Gasteiger partial charge in [-0.1, -0.05) is 13.8 Å². The zero-order valence-electron chi connectivity index (χ0n) is 10.8. The van der Waals surface area contributed by atoms with E-state index < -0.39 is 0 Å². The lowest BCUT2D eigenvalue weighted by Crippen LogP contribution is -2.43. The second kappa shape index (κ2) is 6.49. The Hall–Kier alpha value is -0.0800. The van der Waals surface area contributed by atoms with E-state index in [0.717, 1.165) is 30.9 Å². The molecule has 1 aliphatic carbocycles. The van der Waals surface area contributed by atoms with Crippen molar-refractivity contribution in [2.45, 2.75) is 58.5 Å². The van der Waals surface area contributed by atoms with Gasteiger partial charge in [-0.05, 0) is 44.4 Å². The smallest absolute Gasteiger partial charge is 0.0476 e. The number of hydrogen-bond acceptors (Lipinski definition) is 2. The Bertz CT molecular complexity index is 172. The average molecular weight is 213 g/mol. The maximum Gasteiger partial charge on any atom is 0.0476 e. The number of ether oxygens (including phenoxy) is 1. The monoisotopic (exact) mass is 213 g/mol. The van der Waals surface area contributed by atoms with Gasteiger partial charge in [0.1, 0.15) is 0 Å². The van der Waals surface area contributed by atoms with E-state index in [0.29, 0.717) is 6.04 Å². The summed E-state index contributed by atoms with van der Waals surface area (Å²) in [5.41, 5.74) is 0. The van der Waals surface area contributed by atoms with E-state index in [1.165, 1.54) is 19.3 Å². The fourth-order valence-corrected chi connectivity index (χ4v) is 2.66. The van der Waals surface area contributed by atoms with E-state index in [-0.39, 0.29) is 0 Å². The first-order chi connectivity index (χ1) is 7.13. The van der Waals surface area contributed by atoms with Crippen LogP contribution in [0.15, 0.2) is 0 Å². The zero-order valence-corrected chi connectivity index (χ0v) is 10.8. The zero-order chi connectivity index (χ0) is 11.3. The van der Waals surface area contributed by atoms with Crippen molar-refractivity contribution < 1.29 is 4.74 Å². The Morgan fingerprint density at radius 1 is 1.33 bits per heavy atom. The van der Waals surface area contributed by atoms with Crippen LogP contribution in [0.1, 0.15) is 46.5 Å². The van der Waals surface area contributed by atoms with Gasteiger partial charge in [0, 0.05) is 25.8 Å². The molecule has 0 radical (unpaired) electrons. The normalized spacial score (nSPS) is 34.0. The highest BCUT2D eigenvalue weighted by atomic mass is 16.5. The Kier molecular flexibility index (Phi) is 5.62. The largest absolute Gasteiger partial charge is 0.385 e. The quantitative estimate of drug-likeness (QED) is 0.758. The molecule has 0 aromatic rings. The van der Waals surface area contributed by atoms with Crippen molar-refractivity contribution in [2.24, 2.45) is 11.8 Å². The second-order valence-electron chi connectivity index (χ2n) is 5.35. The van der Waals surface area contributed by atoms with Crippen LogP contribution in [0, 0.1) is 11.8 Å². The van der Waals surface area contributed by atoms with Crippen LogP contribution in [0.3, 0.4) is 0 Å². The Morgan fingerprint density at radius 2 is 2.07 bits per heavy atom. The third-order valence-corrected chi connectivity index (χ3v) is 3.69. The van der Waals surface area contributed by atoms with Crippen molar-refractivity contribution in [1.82, 2.24) is 5.32 Å². The summed E-state index contributed by atoms with van der Waals surface area (Å²) in [5, 5.41) is 3.74. The van der Waals surface area contributed by atoms with E-state index in [4.69, 9.17) is 4.74 Å². The van der Waals surface area contributed by atoms with Crippen molar-refractivity contribution in [1.29, 1.82) is 0 Å². The predicted molar refractivity (Wildman–Crippen MR) is 65.1 cm³/mol. The summed E-state index contributed by atoms with van der Waals surface area (Å²) in [5.74, 6) is 1.76. The molecule has 0 bridgehead atoms. The van der Waals surface area contributed by atoms with Gasteiger partial charge in [0.25, 0.3) is 0 Å². The van der Waals surface area contributed by atoms with Gasteiger partial charge in [-0.15, -0.1) is 0 Å². The summed E-state index contributed by atoms with van der Waals surface area (Å²) in [6.07, 6.45) is 5.24. The van der Waals surface area contributed by atoms with Crippen molar-refractivity contribution in [3.63, 3.8) is 0 Å². The molecule has 2 heteroatoms. The molecule has 4 atom stereocenters. The van der Waals surface area contributed by atoms with Gasteiger partial charge in [0.15, 0.2) is 0 Å². The molecule has 90 valence electrons. The van der Waals surface area contributed by atoms with Gasteiger partial charge in [-0.2, -0.15) is 0 Å². The number of rotatable bonds is 5. The average Bonchev–Trinajstić information content (AvgIpc) is 2.19. The Morgan fingerprint density at radius 3 is 2.67 bits per heavy atom. The molecule has 15 heavy (non-hydrogen) atoms. The minimum absolute atomic E-state index is 0.589. The van der Waals surface area contributed by atoms with E-state index in [1.807, 2.05) is 0 Å². The predicted octanol–water partition coefficient (Wildman–Crippen LogP) is 2.83. The molecule has 0 aromatic heterocycles. The molecule has 0 amide bonds. The molecule has 1 saturated carbocycles. The van der Waals surface area contributed by atoms with Crippen molar-refractivity contribution in [2.75, 3.05) is 13.7 Å². The lowest BCUT2D eigenvalue weighted by molar-refractivity contribution is 0.168. The molecule has 1 N–H and O–H groups in total. The van der Waals surface area contributed by atoms with E-state index >= 15 is 0 Å². The van der Waals surface area contributed by atoms with E-state index in [1.54, 1.807) is 7.11 Å². The topological polar surface area (TPSA) is 21.3 Å². The van der Waals surface area contributed by atoms with Crippen LogP contribution in [-0.2, 0) is 4.74 Å².